The van der Waals surface area contributed by atoms with Gasteiger partial charge in [-0.15, -0.1) is 0 Å². The number of hydrogen-bond donors (Lipinski definition) is 5. The maximum absolute atomic E-state index is 12.6. The van der Waals surface area contributed by atoms with Crippen LogP contribution in [0.5, 0.6) is 0 Å². The van der Waals surface area contributed by atoms with Crippen molar-refractivity contribution in [2.24, 2.45) is 0 Å². The molecule has 2 aromatic rings. The number of carbonyl (C=O) groups is 5. The van der Waals surface area contributed by atoms with E-state index in [0.29, 0.717) is 17.7 Å². The third-order valence-corrected chi connectivity index (χ3v) is 5.87. The fourth-order valence-electron chi connectivity index (χ4n) is 3.70. The van der Waals surface area contributed by atoms with E-state index in [1.165, 1.54) is 13.8 Å². The summed E-state index contributed by atoms with van der Waals surface area (Å²) in [6.45, 7) is 2.88. The summed E-state index contributed by atoms with van der Waals surface area (Å²) in [5.41, 5.74) is 2.80. The number of nitrogens with zero attached hydrogens (tertiary/aromatic N) is 1. The van der Waals surface area contributed by atoms with Crippen molar-refractivity contribution in [2.45, 2.75) is 45.1 Å². The van der Waals surface area contributed by atoms with Gasteiger partial charge in [-0.05, 0) is 43.5 Å². The Morgan fingerprint density at radius 3 is 2.11 bits per heavy atom. The molecule has 1 heterocycles. The van der Waals surface area contributed by atoms with Crippen LogP contribution in [0.3, 0.4) is 0 Å². The van der Waals surface area contributed by atoms with E-state index in [0.717, 1.165) is 28.2 Å². The van der Waals surface area contributed by atoms with E-state index in [2.05, 4.69) is 16.0 Å². The van der Waals surface area contributed by atoms with Gasteiger partial charge in [0.05, 0.1) is 0 Å². The number of benzene rings is 2. The minimum absolute atomic E-state index is 0.0974. The zero-order valence-electron chi connectivity index (χ0n) is 21.0. The van der Waals surface area contributed by atoms with E-state index >= 15 is 0 Å². The number of nitrogens with one attached hydrogen (secondary N) is 3. The van der Waals surface area contributed by atoms with Crippen LogP contribution in [-0.2, 0) is 30.4 Å². The van der Waals surface area contributed by atoms with Gasteiger partial charge in [-0.3, -0.25) is 28.9 Å². The standard InChI is InChI=1S/C27H30N4O7/c1-16(28-22(32)12-13-31-23(33)10-11-24(31)34)25(35)29-17(2)26(36)30-21-5-3-4-19(15-21)14-18-6-8-20(9-7-18)27(37)38/h3-11,15-17,27,37-38H,12-14H2,1-2H3,(H,28,32)(H,29,35)(H,30,36)/t16-,17-/m0/s1. The van der Waals surface area contributed by atoms with Crippen LogP contribution in [0.15, 0.2) is 60.7 Å². The number of rotatable bonds is 11. The number of imide groups is 1. The number of hydrogen-bond acceptors (Lipinski definition) is 7. The number of aliphatic hydroxyl groups is 2. The first kappa shape index (κ1) is 28.2. The highest BCUT2D eigenvalue weighted by atomic mass is 16.5. The third kappa shape index (κ3) is 7.82. The highest BCUT2D eigenvalue weighted by molar-refractivity contribution is 6.13. The molecular weight excluding hydrogens is 492 g/mol. The van der Waals surface area contributed by atoms with Gasteiger partial charge in [0.15, 0.2) is 6.29 Å². The first-order valence-electron chi connectivity index (χ1n) is 12.0. The molecule has 11 heteroatoms. The molecule has 1 aliphatic rings. The Morgan fingerprint density at radius 2 is 1.47 bits per heavy atom. The van der Waals surface area contributed by atoms with Crippen LogP contribution in [0, 0.1) is 0 Å². The lowest BCUT2D eigenvalue weighted by molar-refractivity contribution is -0.137. The molecule has 0 radical (unpaired) electrons. The maximum atomic E-state index is 12.6. The Bertz CT molecular complexity index is 1220. The smallest absolute Gasteiger partial charge is 0.253 e. The second-order valence-corrected chi connectivity index (χ2v) is 8.91. The van der Waals surface area contributed by atoms with Crippen LogP contribution < -0.4 is 16.0 Å². The monoisotopic (exact) mass is 522 g/mol. The van der Waals surface area contributed by atoms with Gasteiger partial charge in [-0.2, -0.15) is 0 Å². The van der Waals surface area contributed by atoms with E-state index in [-0.39, 0.29) is 13.0 Å². The molecule has 0 bridgehead atoms. The van der Waals surface area contributed by atoms with Crippen molar-refractivity contribution in [3.63, 3.8) is 0 Å². The lowest BCUT2D eigenvalue weighted by atomic mass is 10.0. The Balaban J connectivity index is 1.46. The molecule has 0 spiro atoms. The molecular formula is C27H30N4O7. The molecule has 0 saturated carbocycles. The second kappa shape index (κ2) is 12.7. The number of aliphatic hydroxyl groups excluding tert-OH is 1. The lowest BCUT2D eigenvalue weighted by Gasteiger charge is -2.19. The van der Waals surface area contributed by atoms with Crippen molar-refractivity contribution in [3.05, 3.63) is 77.4 Å². The molecule has 1 aliphatic heterocycles. The summed E-state index contributed by atoms with van der Waals surface area (Å²) in [5.74, 6) is -2.51. The molecule has 2 aromatic carbocycles. The zero-order chi connectivity index (χ0) is 27.8. The highest BCUT2D eigenvalue weighted by Gasteiger charge is 2.25. The average Bonchev–Trinajstić information content (AvgIpc) is 3.19. The number of amides is 5. The molecule has 38 heavy (non-hydrogen) atoms. The Hall–Kier alpha value is -4.35. The fraction of sp³-hybridized carbons (Fsp3) is 0.296. The summed E-state index contributed by atoms with van der Waals surface area (Å²) in [5, 5.41) is 26.2. The highest BCUT2D eigenvalue weighted by Crippen LogP contribution is 2.17. The molecule has 2 atom stereocenters. The molecule has 0 fully saturated rings. The van der Waals surface area contributed by atoms with Crippen molar-refractivity contribution < 1.29 is 34.2 Å². The van der Waals surface area contributed by atoms with Crippen molar-refractivity contribution in [3.8, 4) is 0 Å². The Labute approximate surface area is 219 Å². The topological polar surface area (TPSA) is 165 Å². The van der Waals surface area contributed by atoms with Gasteiger partial charge in [-0.1, -0.05) is 36.4 Å². The van der Waals surface area contributed by atoms with Crippen molar-refractivity contribution >= 4 is 35.2 Å². The van der Waals surface area contributed by atoms with Gasteiger partial charge in [0.25, 0.3) is 11.8 Å². The number of anilines is 1. The third-order valence-electron chi connectivity index (χ3n) is 5.87. The summed E-state index contributed by atoms with van der Waals surface area (Å²) in [6.07, 6.45) is 1.13. The molecule has 0 saturated heterocycles. The van der Waals surface area contributed by atoms with E-state index in [4.69, 9.17) is 0 Å². The van der Waals surface area contributed by atoms with E-state index < -0.39 is 47.9 Å². The Kier molecular flexibility index (Phi) is 9.47. The van der Waals surface area contributed by atoms with Gasteiger partial charge >= 0.3 is 0 Å². The van der Waals surface area contributed by atoms with E-state index in [1.54, 1.807) is 42.5 Å². The van der Waals surface area contributed by atoms with Crippen LogP contribution in [0.25, 0.3) is 0 Å². The summed E-state index contributed by atoms with van der Waals surface area (Å²) in [4.78, 5) is 61.3. The molecule has 0 aliphatic carbocycles. The molecule has 0 unspecified atom stereocenters. The Morgan fingerprint density at radius 1 is 0.842 bits per heavy atom. The maximum Gasteiger partial charge on any atom is 0.253 e. The fourth-order valence-corrected chi connectivity index (χ4v) is 3.70. The minimum Gasteiger partial charge on any atom is -0.364 e. The second-order valence-electron chi connectivity index (χ2n) is 8.91. The van der Waals surface area contributed by atoms with Crippen molar-refractivity contribution in [1.82, 2.24) is 15.5 Å². The molecule has 5 amide bonds. The van der Waals surface area contributed by atoms with Gasteiger partial charge in [0, 0.05) is 36.4 Å². The van der Waals surface area contributed by atoms with Gasteiger partial charge in [-0.25, -0.2) is 0 Å². The summed E-state index contributed by atoms with van der Waals surface area (Å²) < 4.78 is 0. The van der Waals surface area contributed by atoms with Gasteiger partial charge in [0.2, 0.25) is 17.7 Å². The minimum atomic E-state index is -1.53. The van der Waals surface area contributed by atoms with Crippen LogP contribution >= 0.6 is 0 Å². The lowest BCUT2D eigenvalue weighted by Crippen LogP contribution is -2.50. The van der Waals surface area contributed by atoms with Crippen molar-refractivity contribution in [2.75, 3.05) is 11.9 Å². The average molecular weight is 523 g/mol. The van der Waals surface area contributed by atoms with Crippen LogP contribution in [0.1, 0.15) is 43.2 Å². The number of carbonyl (C=O) groups excluding carboxylic acids is 5. The van der Waals surface area contributed by atoms with Crippen LogP contribution in [0.2, 0.25) is 0 Å². The van der Waals surface area contributed by atoms with Crippen LogP contribution in [0.4, 0.5) is 5.69 Å². The zero-order valence-corrected chi connectivity index (χ0v) is 21.0. The largest absolute Gasteiger partial charge is 0.364 e. The SMILES string of the molecule is C[C@H](NC(=O)CCN1C(=O)C=CC1=O)C(=O)N[C@@H](C)C(=O)Nc1cccc(Cc2ccc(C(O)O)cc2)c1. The van der Waals surface area contributed by atoms with Crippen molar-refractivity contribution in [1.29, 1.82) is 0 Å². The first-order valence-corrected chi connectivity index (χ1v) is 12.0. The molecule has 3 rings (SSSR count). The molecule has 5 N–H and O–H groups in total. The quantitative estimate of drug-likeness (QED) is 0.212. The predicted molar refractivity (Wildman–Crippen MR) is 137 cm³/mol. The predicted octanol–water partition coefficient (Wildman–Crippen LogP) is 0.524. The normalized spacial score (nSPS) is 14.4. The van der Waals surface area contributed by atoms with E-state index in [1.807, 2.05) is 6.07 Å². The molecule has 200 valence electrons. The molecule has 0 aromatic heterocycles. The molecule has 11 nitrogen and oxygen atoms in total. The van der Waals surface area contributed by atoms with Crippen LogP contribution in [-0.4, -0.2) is 63.3 Å². The first-order chi connectivity index (χ1) is 18.0. The summed E-state index contributed by atoms with van der Waals surface area (Å²) in [7, 11) is 0. The summed E-state index contributed by atoms with van der Waals surface area (Å²) in [6, 6.07) is 12.2. The van der Waals surface area contributed by atoms with E-state index in [9.17, 15) is 34.2 Å². The van der Waals surface area contributed by atoms with Gasteiger partial charge in [0.1, 0.15) is 12.1 Å². The summed E-state index contributed by atoms with van der Waals surface area (Å²) >= 11 is 0. The van der Waals surface area contributed by atoms with Gasteiger partial charge < -0.3 is 26.2 Å².